The summed E-state index contributed by atoms with van der Waals surface area (Å²) in [6, 6.07) is 14.3. The van der Waals surface area contributed by atoms with E-state index in [9.17, 15) is 24.0 Å². The van der Waals surface area contributed by atoms with E-state index in [0.29, 0.717) is 5.69 Å². The van der Waals surface area contributed by atoms with Crippen molar-refractivity contribution in [2.45, 2.75) is 73.1 Å². The molecule has 6 heterocycles. The van der Waals surface area contributed by atoms with E-state index in [4.69, 9.17) is 0 Å². The third kappa shape index (κ3) is 15.6. The Labute approximate surface area is 342 Å². The first-order valence-electron chi connectivity index (χ1n) is 19.3. The van der Waals surface area contributed by atoms with E-state index in [1.165, 1.54) is 59.1 Å². The molecular formula is C41H56N8O6S2. The van der Waals surface area contributed by atoms with Gasteiger partial charge in [-0.2, -0.15) is 0 Å². The van der Waals surface area contributed by atoms with Crippen molar-refractivity contribution in [3.8, 4) is 32.3 Å². The number of thiophene rings is 2. The number of H-pyrrole nitrogens is 2. The van der Waals surface area contributed by atoms with Gasteiger partial charge in [-0.25, -0.2) is 14.8 Å². The number of carbonyl (C=O) groups excluding carboxylic acids is 4. The Bertz CT molecular complexity index is 1980. The second-order valence-electron chi connectivity index (χ2n) is 13.1. The van der Waals surface area contributed by atoms with Crippen LogP contribution in [0.5, 0.6) is 0 Å². The predicted octanol–water partition coefficient (Wildman–Crippen LogP) is 7.31. The number of rotatable bonds is 7. The van der Waals surface area contributed by atoms with Crippen molar-refractivity contribution in [3.05, 3.63) is 71.7 Å². The molecule has 4 amide bonds. The van der Waals surface area contributed by atoms with Gasteiger partial charge in [0.25, 0.3) is 5.56 Å². The van der Waals surface area contributed by atoms with Gasteiger partial charge in [0.2, 0.25) is 17.7 Å². The van der Waals surface area contributed by atoms with Crippen LogP contribution in [-0.4, -0.2) is 99.9 Å². The van der Waals surface area contributed by atoms with E-state index in [2.05, 4.69) is 99.4 Å². The number of alkyl carbamates (subject to hydrolysis) is 1. The van der Waals surface area contributed by atoms with Gasteiger partial charge in [-0.3, -0.25) is 19.2 Å². The Hall–Kier alpha value is -5.35. The van der Waals surface area contributed by atoms with Crippen molar-refractivity contribution < 1.29 is 23.9 Å². The number of nitrogens with one attached hydrogen (secondary N) is 4. The van der Waals surface area contributed by atoms with Crippen molar-refractivity contribution >= 4 is 55.9 Å². The number of imidazole rings is 1. The molecule has 0 aliphatic carbocycles. The van der Waals surface area contributed by atoms with Crippen LogP contribution in [0, 0.1) is 0 Å². The topological polar surface area (TPSA) is 182 Å². The van der Waals surface area contributed by atoms with Crippen molar-refractivity contribution in [2.75, 3.05) is 46.4 Å². The maximum absolute atomic E-state index is 11.5. The average Bonchev–Trinajstić information content (AvgIpc) is 4.06. The molecule has 2 aliphatic heterocycles. The van der Waals surface area contributed by atoms with Gasteiger partial charge >= 0.3 is 6.09 Å². The Morgan fingerprint density at radius 2 is 1.25 bits per heavy atom. The number of benzene rings is 1. The van der Waals surface area contributed by atoms with Crippen molar-refractivity contribution in [1.82, 2.24) is 40.4 Å². The number of ether oxygens (including phenoxy) is 1. The number of hydrogen-bond acceptors (Lipinski definition) is 10. The van der Waals surface area contributed by atoms with E-state index in [-0.39, 0.29) is 36.4 Å². The van der Waals surface area contributed by atoms with Gasteiger partial charge in [0, 0.05) is 53.4 Å². The number of hydrogen-bond donors (Lipinski definition) is 4. The lowest BCUT2D eigenvalue weighted by Gasteiger charge is -2.14. The number of likely N-dealkylation sites (tertiary alicyclic amines) is 2. The molecule has 0 unspecified atom stereocenters. The minimum Gasteiger partial charge on any atom is -0.453 e. The van der Waals surface area contributed by atoms with Crippen LogP contribution in [0.25, 0.3) is 41.7 Å². The monoisotopic (exact) mass is 820 g/mol. The molecule has 7 rings (SSSR count). The Morgan fingerprint density at radius 1 is 0.737 bits per heavy atom. The summed E-state index contributed by atoms with van der Waals surface area (Å²) in [6.07, 6.45) is 11.2. The summed E-state index contributed by atoms with van der Waals surface area (Å²) >= 11 is 3.41. The van der Waals surface area contributed by atoms with Crippen LogP contribution in [0.15, 0.2) is 66.1 Å². The molecule has 57 heavy (non-hydrogen) atoms. The maximum atomic E-state index is 11.5. The summed E-state index contributed by atoms with van der Waals surface area (Å²) in [4.78, 5) is 74.9. The number of nitrogens with zero attached hydrogens (tertiary/aromatic N) is 4. The number of amides is 4. The summed E-state index contributed by atoms with van der Waals surface area (Å²) in [5.74, 6) is -0.159. The normalized spacial score (nSPS) is 12.7. The van der Waals surface area contributed by atoms with Crippen LogP contribution in [0.3, 0.4) is 0 Å². The Kier molecular flexibility index (Phi) is 20.2. The fraction of sp³-hybridized carbons (Fsp3) is 0.439. The predicted molar refractivity (Wildman–Crippen MR) is 229 cm³/mol. The molecule has 0 atom stereocenters. The number of aromatic nitrogens is 4. The molecule has 14 nitrogen and oxygen atoms in total. The molecule has 0 bridgehead atoms. The molecule has 1 aromatic carbocycles. The molecule has 2 aliphatic rings. The third-order valence-corrected chi connectivity index (χ3v) is 10.5. The Morgan fingerprint density at radius 3 is 1.74 bits per heavy atom. The highest BCUT2D eigenvalue weighted by molar-refractivity contribution is 7.31. The quantitative estimate of drug-likeness (QED) is 0.132. The van der Waals surface area contributed by atoms with Crippen LogP contribution in [0.2, 0.25) is 0 Å². The molecule has 2 fully saturated rings. The van der Waals surface area contributed by atoms with Crippen molar-refractivity contribution in [1.29, 1.82) is 0 Å². The van der Waals surface area contributed by atoms with E-state index >= 15 is 0 Å². The van der Waals surface area contributed by atoms with Crippen LogP contribution in [-0.2, 0) is 19.1 Å². The zero-order chi connectivity index (χ0) is 41.6. The van der Waals surface area contributed by atoms with Gasteiger partial charge < -0.3 is 35.1 Å². The fourth-order valence-corrected chi connectivity index (χ4v) is 7.78. The minimum atomic E-state index is -0.562. The smallest absolute Gasteiger partial charge is 0.407 e. The lowest BCUT2D eigenvalue weighted by molar-refractivity contribution is -0.131. The Balaban J connectivity index is 0.000000237. The fourth-order valence-electron chi connectivity index (χ4n) is 5.41. The summed E-state index contributed by atoms with van der Waals surface area (Å²) in [6.45, 7) is 13.4. The highest BCUT2D eigenvalue weighted by atomic mass is 32.1. The lowest BCUT2D eigenvalue weighted by atomic mass is 10.1. The summed E-state index contributed by atoms with van der Waals surface area (Å²) < 4.78 is 6.76. The van der Waals surface area contributed by atoms with Gasteiger partial charge in [-0.1, -0.05) is 64.8 Å². The molecule has 2 saturated heterocycles. The largest absolute Gasteiger partial charge is 0.453 e. The van der Waals surface area contributed by atoms with Crippen molar-refractivity contribution in [3.63, 3.8) is 0 Å². The van der Waals surface area contributed by atoms with Gasteiger partial charge in [-0.15, -0.1) is 22.7 Å². The molecule has 5 aromatic rings. The average molecular weight is 821 g/mol. The van der Waals surface area contributed by atoms with Crippen LogP contribution >= 0.6 is 22.7 Å². The highest BCUT2D eigenvalue weighted by Gasteiger charge is 2.19. The summed E-state index contributed by atoms with van der Waals surface area (Å²) in [7, 11) is 1.27. The zero-order valence-corrected chi connectivity index (χ0v) is 35.4. The van der Waals surface area contributed by atoms with E-state index < -0.39 is 6.09 Å². The second-order valence-corrected chi connectivity index (χ2v) is 15.3. The second kappa shape index (κ2) is 25.0. The van der Waals surface area contributed by atoms with Crippen LogP contribution < -0.4 is 16.2 Å². The standard InChI is InChI=1S/C19H12N4OS2.C8H14N2O3.C8H14N2O2.2C3H8/c24-19-5-13(22-10-23-19)16-7-18-17(26-16)6-15(25-18)12-3-1-11(2-4-12)14-8-20-9-21-14;1-13-8(12)9-6-7(11)10-4-2-3-5-10;1-7(11)9-6-8(12)10-4-2-3-5-10;2*1-3-2/h1-10H,(H,20,21)(H,22,23,24);2-6H2,1H3,(H,9,12);2-6H2,1H3,(H,9,11);2*3H2,1-2H3. The van der Waals surface area contributed by atoms with Gasteiger partial charge in [-0.05, 0) is 48.9 Å². The van der Waals surface area contributed by atoms with E-state index in [1.807, 2.05) is 6.20 Å². The molecule has 4 aromatic heterocycles. The molecule has 0 radical (unpaired) electrons. The highest BCUT2D eigenvalue weighted by Crippen LogP contribution is 2.41. The van der Waals surface area contributed by atoms with E-state index in [1.54, 1.807) is 38.8 Å². The minimum absolute atomic E-state index is 0.0303. The molecule has 0 saturated carbocycles. The van der Waals surface area contributed by atoms with Crippen LogP contribution in [0.1, 0.15) is 73.1 Å². The van der Waals surface area contributed by atoms with Gasteiger partial charge in [0.1, 0.15) is 6.54 Å². The van der Waals surface area contributed by atoms with Gasteiger partial charge in [0.15, 0.2) is 0 Å². The SMILES string of the molecule is CC(=O)NCC(=O)N1CCCC1.CCC.CCC.COC(=O)NCC(=O)N1CCCC1.O=c1cc(-c2cc3sc(-c4ccc(-c5cnc[nH]5)cc4)cc3s2)nc[nH]1. The summed E-state index contributed by atoms with van der Waals surface area (Å²) in [5, 5.41) is 4.85. The zero-order valence-electron chi connectivity index (χ0n) is 33.8. The van der Waals surface area contributed by atoms with E-state index in [0.717, 1.165) is 68.0 Å². The third-order valence-electron chi connectivity index (χ3n) is 8.09. The number of fused-ring (bicyclic) bond motifs is 1. The lowest BCUT2D eigenvalue weighted by Crippen LogP contribution is -2.38. The number of aromatic amines is 2. The van der Waals surface area contributed by atoms with Crippen molar-refractivity contribution in [2.24, 2.45) is 0 Å². The molecular weight excluding hydrogens is 765 g/mol. The first kappa shape index (κ1) is 46.0. The number of carbonyl (C=O) groups is 4. The number of methoxy groups -OCH3 is 1. The molecule has 308 valence electrons. The molecule has 4 N–H and O–H groups in total. The first-order valence-corrected chi connectivity index (χ1v) is 21.0. The maximum Gasteiger partial charge on any atom is 0.407 e. The molecule has 16 heteroatoms. The molecule has 0 spiro atoms. The van der Waals surface area contributed by atoms with Crippen LogP contribution in [0.4, 0.5) is 4.79 Å². The first-order chi connectivity index (χ1) is 27.5. The summed E-state index contributed by atoms with van der Waals surface area (Å²) in [5.41, 5.74) is 3.90. The van der Waals surface area contributed by atoms with Gasteiger partial charge in [0.05, 0.1) is 48.8 Å².